The van der Waals surface area contributed by atoms with E-state index >= 15 is 0 Å². The summed E-state index contributed by atoms with van der Waals surface area (Å²) in [5.74, 6) is -1.10. The number of carbonyl (C=O) groups excluding carboxylic acids is 3. The number of nitrogens with zero attached hydrogens (tertiary/aromatic N) is 1. The average molecular weight is 349 g/mol. The Morgan fingerprint density at radius 2 is 1.50 bits per heavy atom. The molecule has 2 rings (SSSR count). The molecule has 0 saturated heterocycles. The van der Waals surface area contributed by atoms with Crippen LogP contribution in [-0.2, 0) is 9.59 Å². The Balaban J connectivity index is 2.12. The SMILES string of the molecule is CC(=O)c1ccc(NC(=O)C(C)(C)C(=O)Nc2ccccc2C#N)cc1. The minimum Gasteiger partial charge on any atom is -0.325 e. The van der Waals surface area contributed by atoms with E-state index in [9.17, 15) is 14.4 Å². The fourth-order valence-corrected chi connectivity index (χ4v) is 2.15. The number of carbonyl (C=O) groups is 3. The number of para-hydroxylation sites is 1. The van der Waals surface area contributed by atoms with E-state index in [1.807, 2.05) is 6.07 Å². The highest BCUT2D eigenvalue weighted by Crippen LogP contribution is 2.23. The quantitative estimate of drug-likeness (QED) is 0.638. The molecule has 0 aromatic heterocycles. The number of hydrogen-bond acceptors (Lipinski definition) is 4. The minimum absolute atomic E-state index is 0.0706. The van der Waals surface area contributed by atoms with Crippen molar-refractivity contribution in [1.82, 2.24) is 0 Å². The molecular formula is C20H19N3O3. The molecule has 0 atom stereocenters. The Labute approximate surface area is 151 Å². The zero-order valence-electron chi connectivity index (χ0n) is 14.8. The highest BCUT2D eigenvalue weighted by Gasteiger charge is 2.36. The van der Waals surface area contributed by atoms with Gasteiger partial charge in [0.1, 0.15) is 11.5 Å². The van der Waals surface area contributed by atoms with Gasteiger partial charge in [-0.1, -0.05) is 12.1 Å². The number of Topliss-reactive ketones (excluding diaryl/α,β-unsaturated/α-hetero) is 1. The van der Waals surface area contributed by atoms with Gasteiger partial charge in [0.2, 0.25) is 11.8 Å². The van der Waals surface area contributed by atoms with Crippen molar-refractivity contribution in [3.05, 3.63) is 59.7 Å². The second kappa shape index (κ2) is 7.62. The van der Waals surface area contributed by atoms with Crippen molar-refractivity contribution >= 4 is 29.0 Å². The lowest BCUT2D eigenvalue weighted by atomic mass is 9.90. The fraction of sp³-hybridized carbons (Fsp3) is 0.200. The van der Waals surface area contributed by atoms with Gasteiger partial charge in [0.05, 0.1) is 11.3 Å². The molecule has 0 spiro atoms. The summed E-state index contributed by atoms with van der Waals surface area (Å²) in [6.45, 7) is 4.45. The molecule has 26 heavy (non-hydrogen) atoms. The highest BCUT2D eigenvalue weighted by molar-refractivity contribution is 6.14. The molecule has 0 heterocycles. The molecule has 2 aromatic carbocycles. The molecule has 0 aliphatic heterocycles. The van der Waals surface area contributed by atoms with Gasteiger partial charge in [0.25, 0.3) is 0 Å². The van der Waals surface area contributed by atoms with Crippen LogP contribution in [0.3, 0.4) is 0 Å². The van der Waals surface area contributed by atoms with Crippen molar-refractivity contribution in [3.8, 4) is 6.07 Å². The monoisotopic (exact) mass is 349 g/mol. The number of anilines is 2. The Bertz CT molecular complexity index is 893. The van der Waals surface area contributed by atoms with E-state index in [0.717, 1.165) is 0 Å². The number of hydrogen-bond donors (Lipinski definition) is 2. The summed E-state index contributed by atoms with van der Waals surface area (Å²) < 4.78 is 0. The predicted molar refractivity (Wildman–Crippen MR) is 98.6 cm³/mol. The number of benzene rings is 2. The first kappa shape index (κ1) is 18.9. The maximum absolute atomic E-state index is 12.6. The van der Waals surface area contributed by atoms with Gasteiger partial charge in [0, 0.05) is 11.3 Å². The molecule has 0 aliphatic carbocycles. The molecule has 0 unspecified atom stereocenters. The van der Waals surface area contributed by atoms with Crippen LogP contribution in [0.4, 0.5) is 11.4 Å². The lowest BCUT2D eigenvalue weighted by Gasteiger charge is -2.23. The first-order chi connectivity index (χ1) is 12.3. The Kier molecular flexibility index (Phi) is 5.53. The van der Waals surface area contributed by atoms with E-state index in [1.165, 1.54) is 20.8 Å². The minimum atomic E-state index is -1.37. The smallest absolute Gasteiger partial charge is 0.239 e. The number of nitrogens with one attached hydrogen (secondary N) is 2. The Morgan fingerprint density at radius 3 is 2.08 bits per heavy atom. The average Bonchev–Trinajstić information content (AvgIpc) is 2.62. The molecule has 0 saturated carbocycles. The van der Waals surface area contributed by atoms with Gasteiger partial charge in [-0.2, -0.15) is 5.26 Å². The van der Waals surface area contributed by atoms with E-state index in [1.54, 1.807) is 48.5 Å². The molecule has 0 fully saturated rings. The predicted octanol–water partition coefficient (Wildman–Crippen LogP) is 3.36. The Hall–Kier alpha value is -3.46. The third kappa shape index (κ3) is 4.14. The van der Waals surface area contributed by atoms with Gasteiger partial charge in [0.15, 0.2) is 5.78 Å². The van der Waals surface area contributed by atoms with Crippen molar-refractivity contribution in [2.24, 2.45) is 5.41 Å². The van der Waals surface area contributed by atoms with Crippen molar-refractivity contribution < 1.29 is 14.4 Å². The number of rotatable bonds is 5. The molecule has 0 aliphatic rings. The van der Waals surface area contributed by atoms with Gasteiger partial charge >= 0.3 is 0 Å². The topological polar surface area (TPSA) is 99.1 Å². The number of amides is 2. The van der Waals surface area contributed by atoms with Gasteiger partial charge in [-0.3, -0.25) is 14.4 Å². The van der Waals surface area contributed by atoms with Gasteiger partial charge < -0.3 is 10.6 Å². The molecule has 2 N–H and O–H groups in total. The summed E-state index contributed by atoms with van der Waals surface area (Å²) in [6.07, 6.45) is 0. The molecule has 0 radical (unpaired) electrons. The third-order valence-electron chi connectivity index (χ3n) is 3.98. The van der Waals surface area contributed by atoms with Crippen LogP contribution in [0.5, 0.6) is 0 Å². The van der Waals surface area contributed by atoms with Gasteiger partial charge in [-0.15, -0.1) is 0 Å². The third-order valence-corrected chi connectivity index (χ3v) is 3.98. The maximum Gasteiger partial charge on any atom is 0.239 e. The summed E-state index contributed by atoms with van der Waals surface area (Å²) >= 11 is 0. The molecule has 6 heteroatoms. The molecule has 6 nitrogen and oxygen atoms in total. The summed E-state index contributed by atoms with van der Waals surface area (Å²) in [5, 5.41) is 14.4. The van der Waals surface area contributed by atoms with Crippen LogP contribution in [0.15, 0.2) is 48.5 Å². The van der Waals surface area contributed by atoms with Crippen molar-refractivity contribution in [2.45, 2.75) is 20.8 Å². The van der Waals surface area contributed by atoms with Crippen LogP contribution in [0.25, 0.3) is 0 Å². The lowest BCUT2D eigenvalue weighted by molar-refractivity contribution is -0.135. The van der Waals surface area contributed by atoms with E-state index in [0.29, 0.717) is 22.5 Å². The van der Waals surface area contributed by atoms with Gasteiger partial charge in [-0.25, -0.2) is 0 Å². The van der Waals surface area contributed by atoms with Crippen LogP contribution >= 0.6 is 0 Å². The van der Waals surface area contributed by atoms with Crippen LogP contribution < -0.4 is 10.6 Å². The van der Waals surface area contributed by atoms with Crippen LogP contribution in [0.1, 0.15) is 36.7 Å². The first-order valence-corrected chi connectivity index (χ1v) is 7.98. The molecule has 0 bridgehead atoms. The zero-order valence-corrected chi connectivity index (χ0v) is 14.8. The van der Waals surface area contributed by atoms with E-state index in [2.05, 4.69) is 10.6 Å². The van der Waals surface area contributed by atoms with Crippen LogP contribution in [0, 0.1) is 16.7 Å². The van der Waals surface area contributed by atoms with Crippen molar-refractivity contribution in [1.29, 1.82) is 5.26 Å². The normalized spacial score (nSPS) is 10.5. The summed E-state index contributed by atoms with van der Waals surface area (Å²) in [4.78, 5) is 36.4. The largest absolute Gasteiger partial charge is 0.325 e. The van der Waals surface area contributed by atoms with E-state index < -0.39 is 17.2 Å². The van der Waals surface area contributed by atoms with Crippen LogP contribution in [0.2, 0.25) is 0 Å². The molecule has 2 aromatic rings. The fourth-order valence-electron chi connectivity index (χ4n) is 2.15. The van der Waals surface area contributed by atoms with Gasteiger partial charge in [-0.05, 0) is 57.2 Å². The first-order valence-electron chi connectivity index (χ1n) is 7.98. The molecule has 2 amide bonds. The van der Waals surface area contributed by atoms with E-state index in [4.69, 9.17) is 5.26 Å². The summed E-state index contributed by atoms with van der Waals surface area (Å²) in [5.41, 5.74) is 0.317. The van der Waals surface area contributed by atoms with Crippen molar-refractivity contribution in [3.63, 3.8) is 0 Å². The molecule has 132 valence electrons. The van der Waals surface area contributed by atoms with Crippen LogP contribution in [-0.4, -0.2) is 17.6 Å². The Morgan fingerprint density at radius 1 is 0.923 bits per heavy atom. The number of ketones is 1. The van der Waals surface area contributed by atoms with Crippen molar-refractivity contribution in [2.75, 3.05) is 10.6 Å². The second-order valence-corrected chi connectivity index (χ2v) is 6.32. The lowest BCUT2D eigenvalue weighted by Crippen LogP contribution is -2.41. The summed E-state index contributed by atoms with van der Waals surface area (Å²) in [7, 11) is 0. The highest BCUT2D eigenvalue weighted by atomic mass is 16.2. The van der Waals surface area contributed by atoms with E-state index in [-0.39, 0.29) is 5.78 Å². The second-order valence-electron chi connectivity index (χ2n) is 6.32. The zero-order chi connectivity index (χ0) is 19.3. The maximum atomic E-state index is 12.6. The molecular weight excluding hydrogens is 330 g/mol. The number of nitriles is 1. The standard InChI is InChI=1S/C20H19N3O3/c1-13(24)14-8-10-16(11-9-14)22-18(25)20(2,3)19(26)23-17-7-5-4-6-15(17)12-21/h4-11H,1-3H3,(H,22,25)(H,23,26). The summed E-state index contributed by atoms with van der Waals surface area (Å²) in [6, 6.07) is 15.0.